The predicted octanol–water partition coefficient (Wildman–Crippen LogP) is 1.30. The fourth-order valence-electron chi connectivity index (χ4n) is 11.7. The maximum absolute atomic E-state index is 13.0. The Morgan fingerprint density at radius 1 is 0.817 bits per heavy atom. The highest BCUT2D eigenvalue weighted by Gasteiger charge is 2.65. The number of carbonyl (C=O) groups is 4. The fourth-order valence-corrected chi connectivity index (χ4v) is 11.7. The number of aliphatic hydroxyl groups excluding tert-OH is 6. The van der Waals surface area contributed by atoms with Crippen molar-refractivity contribution in [2.45, 2.75) is 135 Å². The van der Waals surface area contributed by atoms with Gasteiger partial charge < -0.3 is 51.5 Å². The molecule has 0 aromatic heterocycles. The van der Waals surface area contributed by atoms with Gasteiger partial charge in [0.1, 0.15) is 0 Å². The van der Waals surface area contributed by atoms with Crippen LogP contribution in [0.4, 0.5) is 0 Å². The first-order valence-electron chi connectivity index (χ1n) is 21.8. The summed E-state index contributed by atoms with van der Waals surface area (Å²) in [6, 6.07) is -0.494. The van der Waals surface area contributed by atoms with E-state index in [-0.39, 0.29) is 123 Å². The zero-order valence-corrected chi connectivity index (χ0v) is 36.6. The van der Waals surface area contributed by atoms with Crippen LogP contribution in [0.15, 0.2) is 0 Å². The van der Waals surface area contributed by atoms with Crippen LogP contribution in [-0.2, 0) is 24.1 Å². The van der Waals surface area contributed by atoms with Gasteiger partial charge in [0.05, 0.1) is 38.8 Å². The third kappa shape index (κ3) is 14.0. The number of rotatable bonds is 23. The second-order valence-corrected chi connectivity index (χ2v) is 17.9. The Labute approximate surface area is 355 Å². The molecule has 0 spiro atoms. The number of hydrogen-bond donors (Lipinski definition) is 11. The average molecular weight is 863 g/mol. The average Bonchev–Trinajstić information content (AvgIpc) is 3.59. The van der Waals surface area contributed by atoms with Gasteiger partial charge in [0.15, 0.2) is 0 Å². The molecule has 0 bridgehead atoms. The molecule has 4 aliphatic carbocycles. The second-order valence-electron chi connectivity index (χ2n) is 17.9. The number of aliphatic hydroxyl groups is 6. The number of hydrogen-bond acceptors (Lipinski definition) is 14. The smallest absolute Gasteiger partial charge is 0.317 e. The molecule has 0 aliphatic heterocycles. The van der Waals surface area contributed by atoms with E-state index < -0.39 is 30.2 Å². The minimum atomic E-state index is -1.06. The maximum Gasteiger partial charge on any atom is 0.317 e. The van der Waals surface area contributed by atoms with Crippen LogP contribution in [0, 0.1) is 46.3 Å². The Morgan fingerprint density at radius 3 is 2.10 bits per heavy atom. The molecule has 4 saturated carbocycles. The first-order chi connectivity index (χ1) is 28.6. The SMILES string of the molecule is CC(CCC(=O)O)[C@H]1CCC2C3C(O)CC4CC(NC(=O)CCC(=O)NCCCCC(COO)N(CCN(CO)CO)CC(=O)O)CC[C@]4(C)C3CC(O)[C@@]21C.CO.CO. The van der Waals surface area contributed by atoms with E-state index in [0.29, 0.717) is 45.1 Å². The van der Waals surface area contributed by atoms with Crippen molar-refractivity contribution >= 4 is 23.8 Å². The van der Waals surface area contributed by atoms with Crippen LogP contribution in [0.1, 0.15) is 111 Å². The van der Waals surface area contributed by atoms with Crippen molar-refractivity contribution in [3.8, 4) is 0 Å². The van der Waals surface area contributed by atoms with Gasteiger partial charge in [-0.25, -0.2) is 4.89 Å². The number of unbranched alkanes of at least 4 members (excludes halogenated alkanes) is 1. The van der Waals surface area contributed by atoms with E-state index in [2.05, 4.69) is 36.3 Å². The molecule has 11 N–H and O–H groups in total. The highest BCUT2D eigenvalue weighted by atomic mass is 17.1. The van der Waals surface area contributed by atoms with E-state index in [4.69, 9.17) is 15.5 Å². The number of carbonyl (C=O) groups excluding carboxylic acids is 2. The van der Waals surface area contributed by atoms with Crippen molar-refractivity contribution in [2.75, 3.05) is 60.5 Å². The molecule has 12 atom stereocenters. The number of carboxylic acid groups (broad SMARTS) is 2. The number of nitrogens with one attached hydrogen (secondary N) is 2. The van der Waals surface area contributed by atoms with Crippen LogP contribution in [0.2, 0.25) is 0 Å². The lowest BCUT2D eigenvalue weighted by Gasteiger charge is -2.63. The highest BCUT2D eigenvalue weighted by Crippen LogP contribution is 2.68. The molecular formula is C42H78N4O14. The van der Waals surface area contributed by atoms with Crippen LogP contribution >= 0.6 is 0 Å². The maximum atomic E-state index is 13.0. The lowest BCUT2D eigenvalue weighted by Crippen LogP contribution is -2.63. The van der Waals surface area contributed by atoms with Gasteiger partial charge in [-0.1, -0.05) is 27.2 Å². The lowest BCUT2D eigenvalue weighted by atomic mass is 9.43. The lowest BCUT2D eigenvalue weighted by molar-refractivity contribution is -0.252. The molecule has 4 fully saturated rings. The van der Waals surface area contributed by atoms with Crippen molar-refractivity contribution in [1.82, 2.24) is 20.4 Å². The summed E-state index contributed by atoms with van der Waals surface area (Å²) in [7, 11) is 2.00. The summed E-state index contributed by atoms with van der Waals surface area (Å²) in [4.78, 5) is 55.6. The summed E-state index contributed by atoms with van der Waals surface area (Å²) in [6.07, 6.45) is 7.04. The first-order valence-corrected chi connectivity index (χ1v) is 21.8. The Balaban J connectivity index is 0.00000301. The molecule has 4 rings (SSSR count). The van der Waals surface area contributed by atoms with Crippen LogP contribution in [0.25, 0.3) is 0 Å². The van der Waals surface area contributed by atoms with E-state index in [0.717, 1.165) is 46.3 Å². The molecular weight excluding hydrogens is 784 g/mol. The van der Waals surface area contributed by atoms with E-state index >= 15 is 0 Å². The molecule has 4 aliphatic rings. The third-order valence-electron chi connectivity index (χ3n) is 14.8. The summed E-state index contributed by atoms with van der Waals surface area (Å²) in [5.41, 5.74) is -0.419. The minimum Gasteiger partial charge on any atom is -0.481 e. The van der Waals surface area contributed by atoms with Crippen molar-refractivity contribution in [2.24, 2.45) is 46.3 Å². The van der Waals surface area contributed by atoms with Gasteiger partial charge in [0.25, 0.3) is 0 Å². The van der Waals surface area contributed by atoms with Gasteiger partial charge in [-0.15, -0.1) is 0 Å². The monoisotopic (exact) mass is 863 g/mol. The van der Waals surface area contributed by atoms with Gasteiger partial charge in [0.2, 0.25) is 11.8 Å². The molecule has 0 saturated heterocycles. The molecule has 60 heavy (non-hydrogen) atoms. The topological polar surface area (TPSA) is 290 Å². The molecule has 350 valence electrons. The van der Waals surface area contributed by atoms with Crippen molar-refractivity contribution in [3.63, 3.8) is 0 Å². The molecule has 18 heteroatoms. The molecule has 0 aromatic carbocycles. The van der Waals surface area contributed by atoms with Crippen molar-refractivity contribution in [1.29, 1.82) is 0 Å². The number of nitrogens with zero attached hydrogens (tertiary/aromatic N) is 2. The van der Waals surface area contributed by atoms with E-state index in [1.54, 1.807) is 4.90 Å². The number of carboxylic acids is 2. The largest absolute Gasteiger partial charge is 0.481 e. The zero-order valence-electron chi connectivity index (χ0n) is 36.6. The summed E-state index contributed by atoms with van der Waals surface area (Å²) < 4.78 is 0. The van der Waals surface area contributed by atoms with Gasteiger partial charge in [-0.2, -0.15) is 0 Å². The molecule has 0 heterocycles. The number of amides is 2. The Bertz CT molecular complexity index is 1310. The normalized spacial score (nSPS) is 31.6. The molecule has 18 nitrogen and oxygen atoms in total. The highest BCUT2D eigenvalue weighted by molar-refractivity contribution is 5.83. The van der Waals surface area contributed by atoms with Gasteiger partial charge >= 0.3 is 11.9 Å². The van der Waals surface area contributed by atoms with Gasteiger partial charge in [-0.3, -0.25) is 34.2 Å². The molecule has 2 amide bonds. The van der Waals surface area contributed by atoms with Gasteiger partial charge in [-0.05, 0) is 111 Å². The van der Waals surface area contributed by atoms with Crippen molar-refractivity contribution in [3.05, 3.63) is 0 Å². The number of fused-ring (bicyclic) bond motifs is 5. The summed E-state index contributed by atoms with van der Waals surface area (Å²) in [6.45, 7) is 6.19. The van der Waals surface area contributed by atoms with Crippen LogP contribution in [0.3, 0.4) is 0 Å². The van der Waals surface area contributed by atoms with Gasteiger partial charge in [0, 0.05) is 65.2 Å². The van der Waals surface area contributed by atoms with Crippen LogP contribution < -0.4 is 10.6 Å². The standard InChI is InChI=1S/C40H70N4O12.2CH4O/c1-25(7-12-36(51)52)29-8-9-30-38-31(20-33(48)40(29,30)3)39(2)14-13-27(18-26(39)19-32(38)47)42-35(50)11-10-34(49)41-15-5-4-6-28(22-56-55)44(21-37(53)54)17-16-43(23-45)24-46;2*1-2/h25-33,38,45-48,55H,4-24H2,1-3H3,(H,41,49)(H,42,50)(H,51,52)(H,53,54);2*2H,1H3/t25?,26?,27?,28?,29-,30?,31?,32?,33?,38?,39+,40-;;/m1../s1. The summed E-state index contributed by atoms with van der Waals surface area (Å²) in [5.74, 6) is -1.25. The Kier molecular flexibility index (Phi) is 23.4. The zero-order chi connectivity index (χ0) is 45.2. The first kappa shape index (κ1) is 53.6. The van der Waals surface area contributed by atoms with E-state index in [1.165, 1.54) is 4.90 Å². The second kappa shape index (κ2) is 26.2. The fraction of sp³-hybridized carbons (Fsp3) is 0.905. The minimum absolute atomic E-state index is 0.0374. The molecule has 0 aromatic rings. The number of aliphatic carboxylic acids is 2. The molecule has 9 unspecified atom stereocenters. The predicted molar refractivity (Wildman–Crippen MR) is 221 cm³/mol. The molecule has 0 radical (unpaired) electrons. The van der Waals surface area contributed by atoms with E-state index in [1.807, 2.05) is 0 Å². The quantitative estimate of drug-likeness (QED) is 0.0299. The van der Waals surface area contributed by atoms with E-state index in [9.17, 15) is 49.8 Å². The third-order valence-corrected chi connectivity index (χ3v) is 14.8. The summed E-state index contributed by atoms with van der Waals surface area (Å²) >= 11 is 0. The van der Waals surface area contributed by atoms with Crippen LogP contribution in [-0.4, -0.2) is 164 Å². The summed E-state index contributed by atoms with van der Waals surface area (Å²) in [5, 5.41) is 89.9. The van der Waals surface area contributed by atoms with Crippen molar-refractivity contribution < 1.29 is 70.2 Å². The Hall–Kier alpha value is -2.52. The van der Waals surface area contributed by atoms with Crippen LogP contribution in [0.5, 0.6) is 0 Å². The Morgan fingerprint density at radius 2 is 1.48 bits per heavy atom.